The molecule has 3 rings (SSSR count). The first kappa shape index (κ1) is 27.4. The van der Waals surface area contributed by atoms with Gasteiger partial charge in [0.05, 0.1) is 5.92 Å². The van der Waals surface area contributed by atoms with Crippen molar-refractivity contribution in [2.75, 3.05) is 13.2 Å². The van der Waals surface area contributed by atoms with Crippen LogP contribution in [-0.2, 0) is 9.53 Å². The molecule has 0 radical (unpaired) electrons. The number of nitrogens with two attached hydrogens (primary N) is 1. The van der Waals surface area contributed by atoms with Crippen molar-refractivity contribution < 1.29 is 34.1 Å². The van der Waals surface area contributed by atoms with Crippen molar-refractivity contribution in [2.24, 2.45) is 5.73 Å². The molecule has 0 fully saturated rings. The molecule has 35 heavy (non-hydrogen) atoms. The predicted octanol–water partition coefficient (Wildman–Crippen LogP) is 4.28. The van der Waals surface area contributed by atoms with E-state index in [0.717, 1.165) is 0 Å². The third kappa shape index (κ3) is 9.48. The van der Waals surface area contributed by atoms with Crippen LogP contribution in [0.3, 0.4) is 0 Å². The van der Waals surface area contributed by atoms with E-state index >= 15 is 0 Å². The van der Waals surface area contributed by atoms with E-state index in [1.54, 1.807) is 79.7 Å². The highest BCUT2D eigenvalue weighted by atomic mass is 35.5. The fourth-order valence-electron chi connectivity index (χ4n) is 2.80. The molecule has 8 nitrogen and oxygen atoms in total. The molecule has 0 aliphatic heterocycles. The SMILES string of the molecule is CC(C(=O)O)c1cccc(C(=O)c2ccccc2)c1.NC(=O)OCC(O)COc1ccc(Cl)cc1. The zero-order chi connectivity index (χ0) is 25.8. The van der Waals surface area contributed by atoms with Gasteiger partial charge in [-0.1, -0.05) is 60.1 Å². The molecule has 0 aromatic heterocycles. The zero-order valence-corrected chi connectivity index (χ0v) is 19.7. The molecule has 184 valence electrons. The lowest BCUT2D eigenvalue weighted by atomic mass is 9.96. The van der Waals surface area contributed by atoms with Crippen molar-refractivity contribution in [1.82, 2.24) is 0 Å². The zero-order valence-electron chi connectivity index (χ0n) is 19.0. The summed E-state index contributed by atoms with van der Waals surface area (Å²) in [5.74, 6) is -1.05. The van der Waals surface area contributed by atoms with Crippen molar-refractivity contribution >= 4 is 29.4 Å². The number of carbonyl (C=O) groups is 3. The largest absolute Gasteiger partial charge is 0.491 e. The predicted molar refractivity (Wildman–Crippen MR) is 131 cm³/mol. The molecule has 0 spiro atoms. The molecule has 4 N–H and O–H groups in total. The van der Waals surface area contributed by atoms with Crippen LogP contribution in [-0.4, -0.2) is 47.4 Å². The second-order valence-corrected chi connectivity index (χ2v) is 7.87. The van der Waals surface area contributed by atoms with E-state index in [2.05, 4.69) is 4.74 Å². The van der Waals surface area contributed by atoms with Gasteiger partial charge in [0.25, 0.3) is 0 Å². The Hall–Kier alpha value is -3.88. The van der Waals surface area contributed by atoms with Crippen LogP contribution in [0, 0.1) is 0 Å². The Labute approximate surface area is 207 Å². The number of ketones is 1. The topological polar surface area (TPSA) is 136 Å². The van der Waals surface area contributed by atoms with Gasteiger partial charge in [-0.25, -0.2) is 4.79 Å². The Morgan fingerprint density at radius 3 is 2.14 bits per heavy atom. The number of carbonyl (C=O) groups excluding carboxylic acids is 2. The molecule has 0 bridgehead atoms. The van der Waals surface area contributed by atoms with Gasteiger partial charge >= 0.3 is 12.1 Å². The minimum absolute atomic E-state index is 0.00884. The summed E-state index contributed by atoms with van der Waals surface area (Å²) < 4.78 is 9.61. The maximum absolute atomic E-state index is 12.2. The number of benzene rings is 3. The highest BCUT2D eigenvalue weighted by Gasteiger charge is 2.16. The van der Waals surface area contributed by atoms with Gasteiger partial charge < -0.3 is 25.4 Å². The Balaban J connectivity index is 0.000000251. The number of halogens is 1. The average molecular weight is 500 g/mol. The van der Waals surface area contributed by atoms with E-state index in [1.165, 1.54) is 0 Å². The Morgan fingerprint density at radius 1 is 0.914 bits per heavy atom. The van der Waals surface area contributed by atoms with Crippen molar-refractivity contribution in [3.63, 3.8) is 0 Å². The monoisotopic (exact) mass is 499 g/mol. The van der Waals surface area contributed by atoms with Crippen LogP contribution in [0.2, 0.25) is 5.02 Å². The minimum atomic E-state index is -0.925. The van der Waals surface area contributed by atoms with Crippen LogP contribution in [0.5, 0.6) is 5.75 Å². The van der Waals surface area contributed by atoms with Gasteiger partial charge in [-0.3, -0.25) is 9.59 Å². The summed E-state index contributed by atoms with van der Waals surface area (Å²) in [6.07, 6.45) is -1.84. The highest BCUT2D eigenvalue weighted by molar-refractivity contribution is 6.30. The lowest BCUT2D eigenvalue weighted by Gasteiger charge is -2.11. The number of amides is 1. The average Bonchev–Trinajstić information content (AvgIpc) is 2.87. The number of primary amides is 1. The second kappa shape index (κ2) is 13.7. The number of ether oxygens (including phenoxy) is 2. The Morgan fingerprint density at radius 2 is 1.54 bits per heavy atom. The second-order valence-electron chi connectivity index (χ2n) is 7.43. The van der Waals surface area contributed by atoms with Crippen molar-refractivity contribution in [2.45, 2.75) is 18.9 Å². The summed E-state index contributed by atoms with van der Waals surface area (Å²) in [6.45, 7) is 1.42. The van der Waals surface area contributed by atoms with Crippen molar-refractivity contribution in [1.29, 1.82) is 0 Å². The number of carboxylic acids is 1. The molecule has 0 aliphatic carbocycles. The van der Waals surface area contributed by atoms with Gasteiger partial charge in [0.2, 0.25) is 0 Å². The fourth-order valence-corrected chi connectivity index (χ4v) is 2.92. The summed E-state index contributed by atoms with van der Waals surface area (Å²) in [5, 5.41) is 18.9. The Kier molecular flexibility index (Phi) is 10.7. The smallest absolute Gasteiger partial charge is 0.404 e. The van der Waals surface area contributed by atoms with Gasteiger partial charge in [0.15, 0.2) is 5.78 Å². The molecule has 0 saturated heterocycles. The number of carboxylic acid groups (broad SMARTS) is 1. The summed E-state index contributed by atoms with van der Waals surface area (Å²) in [5.41, 5.74) is 6.48. The highest BCUT2D eigenvalue weighted by Crippen LogP contribution is 2.19. The molecular formula is C26H26ClNO7. The number of hydrogen-bond acceptors (Lipinski definition) is 6. The number of aliphatic carboxylic acids is 1. The van der Waals surface area contributed by atoms with Crippen LogP contribution in [0.1, 0.15) is 34.3 Å². The van der Waals surface area contributed by atoms with E-state index < -0.39 is 24.1 Å². The van der Waals surface area contributed by atoms with Crippen molar-refractivity contribution in [3.05, 3.63) is 101 Å². The molecule has 3 aromatic rings. The van der Waals surface area contributed by atoms with Crippen molar-refractivity contribution in [3.8, 4) is 5.75 Å². The summed E-state index contributed by atoms with van der Waals surface area (Å²) in [4.78, 5) is 33.5. The first-order valence-electron chi connectivity index (χ1n) is 10.6. The first-order chi connectivity index (χ1) is 16.7. The van der Waals surface area contributed by atoms with Crippen LogP contribution in [0.4, 0.5) is 4.79 Å². The van der Waals surface area contributed by atoms with Crippen LogP contribution < -0.4 is 10.5 Å². The summed E-state index contributed by atoms with van der Waals surface area (Å²) in [6, 6.07) is 22.4. The number of aliphatic hydroxyl groups excluding tert-OH is 1. The van der Waals surface area contributed by atoms with Gasteiger partial charge in [0, 0.05) is 16.1 Å². The van der Waals surface area contributed by atoms with E-state index in [1.807, 2.05) is 6.07 Å². The van der Waals surface area contributed by atoms with Crippen LogP contribution in [0.15, 0.2) is 78.9 Å². The quantitative estimate of drug-likeness (QED) is 0.374. The van der Waals surface area contributed by atoms with E-state index in [9.17, 15) is 19.5 Å². The number of hydrogen-bond donors (Lipinski definition) is 3. The minimum Gasteiger partial charge on any atom is -0.491 e. The number of rotatable bonds is 9. The van der Waals surface area contributed by atoms with E-state index in [4.69, 9.17) is 27.2 Å². The normalized spacial score (nSPS) is 11.9. The van der Waals surface area contributed by atoms with Crippen LogP contribution in [0.25, 0.3) is 0 Å². The van der Waals surface area contributed by atoms with E-state index in [-0.39, 0.29) is 19.0 Å². The van der Waals surface area contributed by atoms with Gasteiger partial charge in [-0.15, -0.1) is 0 Å². The van der Waals surface area contributed by atoms with Crippen LogP contribution >= 0.6 is 11.6 Å². The van der Waals surface area contributed by atoms with Gasteiger partial charge in [-0.05, 0) is 42.8 Å². The third-order valence-electron chi connectivity index (χ3n) is 4.73. The molecule has 3 aromatic carbocycles. The Bertz CT molecular complexity index is 1120. The summed E-state index contributed by atoms with van der Waals surface area (Å²) >= 11 is 5.68. The molecule has 2 atom stereocenters. The van der Waals surface area contributed by atoms with Gasteiger partial charge in [-0.2, -0.15) is 0 Å². The lowest BCUT2D eigenvalue weighted by Crippen LogP contribution is -2.27. The molecule has 2 unspecified atom stereocenters. The lowest BCUT2D eigenvalue weighted by molar-refractivity contribution is -0.138. The van der Waals surface area contributed by atoms with E-state index in [0.29, 0.717) is 27.5 Å². The maximum Gasteiger partial charge on any atom is 0.404 e. The molecule has 1 amide bonds. The molecule has 9 heteroatoms. The molecule has 0 heterocycles. The first-order valence-corrected chi connectivity index (χ1v) is 11.0. The number of aliphatic hydroxyl groups is 1. The summed E-state index contributed by atoms with van der Waals surface area (Å²) in [7, 11) is 0. The molecular weight excluding hydrogens is 474 g/mol. The molecule has 0 saturated carbocycles. The fraction of sp³-hybridized carbons (Fsp3) is 0.192. The van der Waals surface area contributed by atoms with Gasteiger partial charge in [0.1, 0.15) is 25.1 Å². The molecule has 0 aliphatic rings. The maximum atomic E-state index is 12.2. The third-order valence-corrected chi connectivity index (χ3v) is 4.98. The standard InChI is InChI=1S/C16H14O3.C10H12ClNO4/c1-11(16(18)19)13-8-5-9-14(10-13)15(17)12-6-3-2-4-7-12;11-7-1-3-9(4-2-7)15-5-8(13)6-16-10(12)14/h2-11H,1H3,(H,18,19);1-4,8,13H,5-6H2,(H2,12,14).